The summed E-state index contributed by atoms with van der Waals surface area (Å²) in [5.74, 6) is 2.71. The summed E-state index contributed by atoms with van der Waals surface area (Å²) in [7, 11) is 3.06. The van der Waals surface area contributed by atoms with Crippen molar-refractivity contribution in [3.63, 3.8) is 0 Å². The molecule has 35 heavy (non-hydrogen) atoms. The summed E-state index contributed by atoms with van der Waals surface area (Å²) >= 11 is 0. The fourth-order valence-electron chi connectivity index (χ4n) is 3.52. The van der Waals surface area contributed by atoms with E-state index in [1.165, 1.54) is 13.4 Å². The van der Waals surface area contributed by atoms with E-state index in [4.69, 9.17) is 23.7 Å². The summed E-state index contributed by atoms with van der Waals surface area (Å²) in [5.41, 5.74) is 1.72. The van der Waals surface area contributed by atoms with Crippen molar-refractivity contribution < 1.29 is 28.5 Å². The number of aromatic nitrogens is 3. The number of carbonyl (C=O) groups is 1. The first-order valence-corrected chi connectivity index (χ1v) is 10.6. The van der Waals surface area contributed by atoms with E-state index >= 15 is 0 Å². The second kappa shape index (κ2) is 9.59. The maximum Gasteiger partial charge on any atom is 0.323 e. The van der Waals surface area contributed by atoms with Crippen molar-refractivity contribution in [2.75, 3.05) is 38.1 Å². The van der Waals surface area contributed by atoms with Gasteiger partial charge in [0, 0.05) is 29.7 Å². The number of urea groups is 1. The SMILES string of the molecule is COc1cc(NC(=O)Nc2ccc(Oc3ncnc4cc(OC)c5c(c34)OCCO5)cc2)ccn1. The standard InChI is InChI=1S/C24H21N5O6/c1-31-18-12-17-20(22-21(18)33-9-10-34-22)23(27-13-26-17)35-16-5-3-14(4-6-16)28-24(30)29-15-7-8-25-19(11-15)32-2/h3-8,11-13H,9-10H2,1-2H3,(H2,25,28,29,30). The van der Waals surface area contributed by atoms with E-state index in [-0.39, 0.29) is 0 Å². The third kappa shape index (κ3) is 4.64. The molecule has 11 nitrogen and oxygen atoms in total. The third-order valence-electron chi connectivity index (χ3n) is 5.09. The van der Waals surface area contributed by atoms with Crippen LogP contribution in [0.2, 0.25) is 0 Å². The van der Waals surface area contributed by atoms with Gasteiger partial charge in [0.1, 0.15) is 30.7 Å². The smallest absolute Gasteiger partial charge is 0.323 e. The molecule has 0 unspecified atom stereocenters. The fourth-order valence-corrected chi connectivity index (χ4v) is 3.52. The Morgan fingerprint density at radius 2 is 1.66 bits per heavy atom. The van der Waals surface area contributed by atoms with Crippen molar-refractivity contribution in [2.45, 2.75) is 0 Å². The number of methoxy groups -OCH3 is 2. The Morgan fingerprint density at radius 1 is 0.886 bits per heavy atom. The topological polar surface area (TPSA) is 126 Å². The quantitative estimate of drug-likeness (QED) is 0.421. The van der Waals surface area contributed by atoms with Crippen molar-refractivity contribution in [2.24, 2.45) is 0 Å². The predicted octanol–water partition coefficient (Wildman–Crippen LogP) is 4.25. The molecule has 1 aliphatic rings. The second-order valence-electron chi connectivity index (χ2n) is 7.30. The zero-order chi connectivity index (χ0) is 24.2. The van der Waals surface area contributed by atoms with Gasteiger partial charge in [-0.2, -0.15) is 0 Å². The molecule has 2 aromatic carbocycles. The monoisotopic (exact) mass is 475 g/mol. The largest absolute Gasteiger partial charge is 0.493 e. The Balaban J connectivity index is 1.33. The normalized spacial score (nSPS) is 12.1. The van der Waals surface area contributed by atoms with Crippen LogP contribution in [0, 0.1) is 0 Å². The molecule has 0 atom stereocenters. The number of hydrogen-bond acceptors (Lipinski definition) is 9. The number of nitrogens with zero attached hydrogens (tertiary/aromatic N) is 3. The van der Waals surface area contributed by atoms with E-state index in [1.54, 1.807) is 55.8 Å². The average Bonchev–Trinajstić information content (AvgIpc) is 2.89. The number of amides is 2. The van der Waals surface area contributed by atoms with Gasteiger partial charge >= 0.3 is 6.03 Å². The van der Waals surface area contributed by atoms with Gasteiger partial charge in [0.15, 0.2) is 11.5 Å². The minimum atomic E-state index is -0.411. The van der Waals surface area contributed by atoms with Crippen molar-refractivity contribution in [3.8, 4) is 34.8 Å². The highest BCUT2D eigenvalue weighted by Gasteiger charge is 2.25. The second-order valence-corrected chi connectivity index (χ2v) is 7.30. The van der Waals surface area contributed by atoms with E-state index < -0.39 is 6.03 Å². The first kappa shape index (κ1) is 22.0. The van der Waals surface area contributed by atoms with Crippen LogP contribution < -0.4 is 34.3 Å². The first-order valence-electron chi connectivity index (χ1n) is 10.6. The summed E-state index contributed by atoms with van der Waals surface area (Å²) in [6.07, 6.45) is 2.95. The molecule has 3 heterocycles. The van der Waals surface area contributed by atoms with Crippen molar-refractivity contribution in [1.29, 1.82) is 0 Å². The third-order valence-corrected chi connectivity index (χ3v) is 5.09. The molecular formula is C24H21N5O6. The highest BCUT2D eigenvalue weighted by atomic mass is 16.6. The Labute approximate surface area is 200 Å². The number of pyridine rings is 1. The van der Waals surface area contributed by atoms with Crippen LogP contribution in [0.4, 0.5) is 16.2 Å². The Hall–Kier alpha value is -4.80. The van der Waals surface area contributed by atoms with Gasteiger partial charge < -0.3 is 34.3 Å². The predicted molar refractivity (Wildman–Crippen MR) is 127 cm³/mol. The maximum atomic E-state index is 12.3. The molecule has 5 rings (SSSR count). The van der Waals surface area contributed by atoms with Crippen LogP contribution >= 0.6 is 0 Å². The van der Waals surface area contributed by atoms with Gasteiger partial charge in [0.2, 0.25) is 17.5 Å². The first-order chi connectivity index (χ1) is 17.1. The number of carbonyl (C=O) groups excluding carboxylic acids is 1. The van der Waals surface area contributed by atoms with Gasteiger partial charge in [0.05, 0.1) is 19.7 Å². The molecule has 2 N–H and O–H groups in total. The van der Waals surface area contributed by atoms with Crippen molar-refractivity contribution in [1.82, 2.24) is 15.0 Å². The molecule has 0 saturated carbocycles. The van der Waals surface area contributed by atoms with E-state index in [2.05, 4.69) is 25.6 Å². The van der Waals surface area contributed by atoms with Gasteiger partial charge in [0.25, 0.3) is 0 Å². The average molecular weight is 475 g/mol. The van der Waals surface area contributed by atoms with Gasteiger partial charge in [-0.25, -0.2) is 19.7 Å². The number of anilines is 2. The molecule has 0 saturated heterocycles. The van der Waals surface area contributed by atoms with Crippen LogP contribution in [0.15, 0.2) is 55.0 Å². The van der Waals surface area contributed by atoms with Gasteiger partial charge in [-0.05, 0) is 30.3 Å². The van der Waals surface area contributed by atoms with Crippen molar-refractivity contribution >= 4 is 28.3 Å². The van der Waals surface area contributed by atoms with E-state index in [9.17, 15) is 4.79 Å². The number of nitrogens with one attached hydrogen (secondary N) is 2. The lowest BCUT2D eigenvalue weighted by molar-refractivity contribution is 0.167. The summed E-state index contributed by atoms with van der Waals surface area (Å²) in [5, 5.41) is 6.06. The number of hydrogen-bond donors (Lipinski definition) is 2. The lowest BCUT2D eigenvalue weighted by Gasteiger charge is -2.22. The van der Waals surface area contributed by atoms with E-state index in [0.29, 0.717) is 70.2 Å². The highest BCUT2D eigenvalue weighted by molar-refractivity contribution is 5.99. The van der Waals surface area contributed by atoms with Crippen LogP contribution in [-0.2, 0) is 0 Å². The molecule has 2 amide bonds. The van der Waals surface area contributed by atoms with Crippen LogP contribution in [0.5, 0.6) is 34.8 Å². The summed E-state index contributed by atoms with van der Waals surface area (Å²) < 4.78 is 28.1. The summed E-state index contributed by atoms with van der Waals surface area (Å²) in [6.45, 7) is 0.799. The molecule has 0 radical (unpaired) electrons. The lowest BCUT2D eigenvalue weighted by atomic mass is 10.1. The molecular weight excluding hydrogens is 454 g/mol. The Bertz CT molecular complexity index is 1380. The molecule has 2 aromatic heterocycles. The van der Waals surface area contributed by atoms with Gasteiger partial charge in [-0.1, -0.05) is 0 Å². The molecule has 0 bridgehead atoms. The Morgan fingerprint density at radius 3 is 2.43 bits per heavy atom. The molecule has 0 aliphatic carbocycles. The van der Waals surface area contributed by atoms with Gasteiger partial charge in [-0.15, -0.1) is 0 Å². The fraction of sp³-hybridized carbons (Fsp3) is 0.167. The maximum absolute atomic E-state index is 12.3. The lowest BCUT2D eigenvalue weighted by Crippen LogP contribution is -2.19. The molecule has 4 aromatic rings. The molecule has 178 valence electrons. The summed E-state index contributed by atoms with van der Waals surface area (Å²) in [6, 6.07) is 11.5. The van der Waals surface area contributed by atoms with E-state index in [0.717, 1.165) is 0 Å². The number of rotatable bonds is 6. The number of ether oxygens (including phenoxy) is 5. The summed E-state index contributed by atoms with van der Waals surface area (Å²) in [4.78, 5) is 24.9. The minimum Gasteiger partial charge on any atom is -0.493 e. The zero-order valence-electron chi connectivity index (χ0n) is 18.9. The minimum absolute atomic E-state index is 0.310. The van der Waals surface area contributed by atoms with Gasteiger partial charge in [-0.3, -0.25) is 0 Å². The number of benzene rings is 2. The molecule has 0 fully saturated rings. The molecule has 1 aliphatic heterocycles. The van der Waals surface area contributed by atoms with Crippen LogP contribution in [0.25, 0.3) is 10.9 Å². The highest BCUT2D eigenvalue weighted by Crippen LogP contribution is 2.47. The van der Waals surface area contributed by atoms with Crippen molar-refractivity contribution in [3.05, 3.63) is 55.0 Å². The van der Waals surface area contributed by atoms with E-state index in [1.807, 2.05) is 0 Å². The van der Waals surface area contributed by atoms with Crippen LogP contribution in [0.1, 0.15) is 0 Å². The zero-order valence-corrected chi connectivity index (χ0v) is 18.9. The molecule has 0 spiro atoms. The van der Waals surface area contributed by atoms with Crippen LogP contribution in [-0.4, -0.2) is 48.4 Å². The van der Waals surface area contributed by atoms with Crippen LogP contribution in [0.3, 0.4) is 0 Å². The Kier molecular flexibility index (Phi) is 6.03. The molecule has 11 heteroatoms. The number of fused-ring (bicyclic) bond motifs is 3.